The van der Waals surface area contributed by atoms with Crippen LogP contribution in [0.5, 0.6) is 5.75 Å². The Hall–Kier alpha value is -3.30. The first-order valence-corrected chi connectivity index (χ1v) is 11.5. The van der Waals surface area contributed by atoms with E-state index in [9.17, 15) is 24.3 Å². The number of phenols is 1. The van der Waals surface area contributed by atoms with E-state index in [4.69, 9.17) is 4.74 Å². The molecule has 0 aromatic heterocycles. The van der Waals surface area contributed by atoms with Gasteiger partial charge in [0.2, 0.25) is 11.8 Å². The third-order valence-corrected chi connectivity index (χ3v) is 5.56. The van der Waals surface area contributed by atoms with Gasteiger partial charge in [0, 0.05) is 11.1 Å². The van der Waals surface area contributed by atoms with Gasteiger partial charge in [0.25, 0.3) is 0 Å². The summed E-state index contributed by atoms with van der Waals surface area (Å²) in [4.78, 5) is 52.5. The van der Waals surface area contributed by atoms with Crippen molar-refractivity contribution in [1.82, 2.24) is 15.5 Å². The number of hydrogen-bond acceptors (Lipinski definition) is 7. The lowest BCUT2D eigenvalue weighted by Crippen LogP contribution is -2.58. The molecule has 0 saturated heterocycles. The molecule has 1 aromatic rings. The lowest BCUT2D eigenvalue weighted by molar-refractivity contribution is -0.149. The largest absolute Gasteiger partial charge is 0.507 e. The van der Waals surface area contributed by atoms with Gasteiger partial charge in [-0.2, -0.15) is 0 Å². The summed E-state index contributed by atoms with van der Waals surface area (Å²) in [5.41, 5.74) is -0.954. The molecular weight excluding hydrogens is 454 g/mol. The fourth-order valence-electron chi connectivity index (χ4n) is 3.33. The molecule has 2 unspecified atom stereocenters. The third-order valence-electron chi connectivity index (χ3n) is 5.56. The molecule has 0 aliphatic rings. The molecule has 0 aliphatic carbocycles. The number of phenolic OH excluding ortho intramolecular Hbond substituents is 1. The Morgan fingerprint density at radius 3 is 2.23 bits per heavy atom. The number of aromatic hydroxyl groups is 1. The summed E-state index contributed by atoms with van der Waals surface area (Å²) in [6, 6.07) is 2.52. The van der Waals surface area contributed by atoms with Gasteiger partial charge in [-0.3, -0.25) is 14.4 Å². The highest BCUT2D eigenvalue weighted by atomic mass is 16.6. The maximum atomic E-state index is 13.8. The van der Waals surface area contributed by atoms with Crippen LogP contribution in [-0.2, 0) is 23.9 Å². The van der Waals surface area contributed by atoms with Crippen molar-refractivity contribution < 1.29 is 33.8 Å². The molecule has 1 aromatic carbocycles. The molecule has 1 rings (SSSR count). The van der Waals surface area contributed by atoms with Crippen LogP contribution in [0.3, 0.4) is 0 Å². The van der Waals surface area contributed by atoms with E-state index in [0.29, 0.717) is 12.0 Å². The lowest BCUT2D eigenvalue weighted by atomic mass is 9.91. The summed E-state index contributed by atoms with van der Waals surface area (Å²) in [6.07, 6.45) is -0.330. The molecule has 10 heteroatoms. The van der Waals surface area contributed by atoms with Crippen LogP contribution >= 0.6 is 0 Å². The highest BCUT2D eigenvalue weighted by molar-refractivity contribution is 5.94. The Bertz CT molecular complexity index is 937. The molecule has 0 saturated carbocycles. The van der Waals surface area contributed by atoms with Crippen molar-refractivity contribution in [2.45, 2.75) is 85.0 Å². The zero-order valence-electron chi connectivity index (χ0n) is 22.1. The second-order valence-corrected chi connectivity index (χ2v) is 9.95. The molecule has 0 fully saturated rings. The first kappa shape index (κ1) is 29.7. The van der Waals surface area contributed by atoms with Crippen LogP contribution in [0.15, 0.2) is 18.2 Å². The van der Waals surface area contributed by atoms with E-state index in [2.05, 4.69) is 15.4 Å². The van der Waals surface area contributed by atoms with Gasteiger partial charge in [-0.25, -0.2) is 4.79 Å². The number of esters is 1. The average molecular weight is 494 g/mol. The van der Waals surface area contributed by atoms with Crippen molar-refractivity contribution in [2.24, 2.45) is 0 Å². The van der Waals surface area contributed by atoms with E-state index in [0.717, 1.165) is 0 Å². The van der Waals surface area contributed by atoms with Crippen molar-refractivity contribution in [1.29, 1.82) is 0 Å². The fourth-order valence-corrected chi connectivity index (χ4v) is 3.33. The number of benzene rings is 1. The second kappa shape index (κ2) is 11.9. The highest BCUT2D eigenvalue weighted by Crippen LogP contribution is 2.37. The van der Waals surface area contributed by atoms with E-state index in [-0.39, 0.29) is 11.3 Å². The number of carbonyl (C=O) groups is 4. The molecule has 10 nitrogen and oxygen atoms in total. The van der Waals surface area contributed by atoms with Crippen LogP contribution in [0.25, 0.3) is 0 Å². The van der Waals surface area contributed by atoms with Crippen LogP contribution in [-0.4, -0.2) is 64.7 Å². The molecule has 0 spiro atoms. The van der Waals surface area contributed by atoms with E-state index in [1.54, 1.807) is 59.7 Å². The quantitative estimate of drug-likeness (QED) is 0.450. The zero-order chi connectivity index (χ0) is 27.1. The van der Waals surface area contributed by atoms with Gasteiger partial charge in [-0.15, -0.1) is 0 Å². The molecule has 3 amide bonds. The Balaban J connectivity index is 3.55. The first-order valence-electron chi connectivity index (χ1n) is 11.5. The van der Waals surface area contributed by atoms with Gasteiger partial charge < -0.3 is 30.1 Å². The number of amides is 3. The predicted molar refractivity (Wildman–Crippen MR) is 131 cm³/mol. The van der Waals surface area contributed by atoms with Crippen LogP contribution in [0.1, 0.15) is 72.1 Å². The minimum absolute atomic E-state index is 0.150. The van der Waals surface area contributed by atoms with Crippen molar-refractivity contribution in [2.75, 3.05) is 13.7 Å². The Morgan fingerprint density at radius 1 is 1.11 bits per heavy atom. The molecule has 0 aliphatic heterocycles. The van der Waals surface area contributed by atoms with Crippen LogP contribution in [0, 0.1) is 6.92 Å². The normalized spacial score (nSPS) is 13.3. The van der Waals surface area contributed by atoms with Gasteiger partial charge in [0.05, 0.1) is 7.11 Å². The van der Waals surface area contributed by atoms with Gasteiger partial charge in [-0.1, -0.05) is 25.1 Å². The Kier molecular flexibility index (Phi) is 10.1. The summed E-state index contributed by atoms with van der Waals surface area (Å²) in [7, 11) is 1.19. The van der Waals surface area contributed by atoms with E-state index in [1.165, 1.54) is 18.9 Å². The smallest absolute Gasteiger partial charge is 0.408 e. The fraction of sp³-hybridized carbons (Fsp3) is 0.600. The maximum Gasteiger partial charge on any atom is 0.408 e. The monoisotopic (exact) mass is 493 g/mol. The van der Waals surface area contributed by atoms with Crippen LogP contribution in [0.2, 0.25) is 0 Å². The SMILES string of the molecule is CCC(C)(C)N(C(=O)C(C)NC(=O)OC(C)(C)C)C(C(=O)NCC(=O)OC)c1cccc(C)c1O. The van der Waals surface area contributed by atoms with Crippen molar-refractivity contribution in [3.05, 3.63) is 29.3 Å². The first-order chi connectivity index (χ1) is 16.1. The minimum Gasteiger partial charge on any atom is -0.507 e. The number of alkyl carbamates (subject to hydrolysis) is 1. The van der Waals surface area contributed by atoms with E-state index >= 15 is 0 Å². The molecule has 35 heavy (non-hydrogen) atoms. The molecular formula is C25H39N3O7. The predicted octanol–water partition coefficient (Wildman–Crippen LogP) is 2.96. The summed E-state index contributed by atoms with van der Waals surface area (Å²) in [5, 5.41) is 15.8. The average Bonchev–Trinajstić information content (AvgIpc) is 2.75. The van der Waals surface area contributed by atoms with Gasteiger partial charge in [0.1, 0.15) is 30.0 Å². The number of hydrogen-bond donors (Lipinski definition) is 3. The number of methoxy groups -OCH3 is 1. The topological polar surface area (TPSA) is 134 Å². The minimum atomic E-state index is -1.30. The molecule has 0 bridgehead atoms. The Morgan fingerprint density at radius 2 is 1.71 bits per heavy atom. The number of carbonyl (C=O) groups excluding carboxylic acids is 4. The number of rotatable bonds is 9. The van der Waals surface area contributed by atoms with Crippen molar-refractivity contribution >= 4 is 23.9 Å². The van der Waals surface area contributed by atoms with E-state index < -0.39 is 53.6 Å². The summed E-state index contributed by atoms with van der Waals surface area (Å²) < 4.78 is 9.87. The van der Waals surface area contributed by atoms with Crippen molar-refractivity contribution in [3.63, 3.8) is 0 Å². The number of para-hydroxylation sites is 1. The van der Waals surface area contributed by atoms with Crippen LogP contribution in [0.4, 0.5) is 4.79 Å². The second-order valence-electron chi connectivity index (χ2n) is 9.95. The number of nitrogens with one attached hydrogen (secondary N) is 2. The third kappa shape index (κ3) is 8.15. The Labute approximate surface area is 207 Å². The van der Waals surface area contributed by atoms with Gasteiger partial charge >= 0.3 is 12.1 Å². The molecule has 0 radical (unpaired) electrons. The standard InChI is InChI=1S/C25H39N3O7/c1-10-25(7,8)28(22(32)16(3)27-23(33)35-24(4,5)6)19(21(31)26-14-18(29)34-9)17-13-11-12-15(2)20(17)30/h11-13,16,19,30H,10,14H2,1-9H3,(H,26,31)(H,27,33). The maximum absolute atomic E-state index is 13.8. The molecule has 196 valence electrons. The number of ether oxygens (including phenoxy) is 2. The number of nitrogens with zero attached hydrogens (tertiary/aromatic N) is 1. The molecule has 0 heterocycles. The molecule has 2 atom stereocenters. The van der Waals surface area contributed by atoms with Gasteiger partial charge in [0.15, 0.2) is 0 Å². The summed E-state index contributed by atoms with van der Waals surface area (Å²) in [5.74, 6) is -2.07. The van der Waals surface area contributed by atoms with Crippen molar-refractivity contribution in [3.8, 4) is 5.75 Å². The lowest BCUT2D eigenvalue weighted by Gasteiger charge is -2.44. The zero-order valence-corrected chi connectivity index (χ0v) is 22.1. The summed E-state index contributed by atoms with van der Waals surface area (Å²) in [6.45, 7) is 13.3. The highest BCUT2D eigenvalue weighted by Gasteiger charge is 2.43. The van der Waals surface area contributed by atoms with Crippen LogP contribution < -0.4 is 10.6 Å². The van der Waals surface area contributed by atoms with E-state index in [1.807, 2.05) is 6.92 Å². The molecule has 3 N–H and O–H groups in total. The summed E-state index contributed by atoms with van der Waals surface area (Å²) >= 11 is 0. The number of aryl methyl sites for hydroxylation is 1. The van der Waals surface area contributed by atoms with Gasteiger partial charge in [-0.05, 0) is 60.5 Å².